The molecule has 5 nitrogen and oxygen atoms in total. The van der Waals surface area contributed by atoms with Crippen LogP contribution in [0, 0.1) is 11.3 Å². The van der Waals surface area contributed by atoms with Crippen molar-refractivity contribution in [1.29, 1.82) is 5.26 Å². The van der Waals surface area contributed by atoms with Gasteiger partial charge in [0, 0.05) is 39.1 Å². The van der Waals surface area contributed by atoms with Crippen molar-refractivity contribution in [2.45, 2.75) is 26.4 Å². The highest BCUT2D eigenvalue weighted by Crippen LogP contribution is 2.21. The van der Waals surface area contributed by atoms with Crippen molar-refractivity contribution >= 4 is 5.91 Å². The summed E-state index contributed by atoms with van der Waals surface area (Å²) < 4.78 is 5.74. The van der Waals surface area contributed by atoms with Crippen LogP contribution in [0.3, 0.4) is 0 Å². The molecule has 5 heteroatoms. The maximum Gasteiger partial charge on any atom is 0.257 e. The Labute approximate surface area is 132 Å². The Morgan fingerprint density at radius 2 is 1.95 bits per heavy atom. The fourth-order valence-corrected chi connectivity index (χ4v) is 2.55. The number of hydrogen-bond donors (Lipinski definition) is 0. The van der Waals surface area contributed by atoms with Gasteiger partial charge in [0.1, 0.15) is 5.75 Å². The summed E-state index contributed by atoms with van der Waals surface area (Å²) in [5, 5.41) is 8.63. The third-order valence-electron chi connectivity index (χ3n) is 3.68. The highest BCUT2D eigenvalue weighted by molar-refractivity contribution is 5.97. The number of nitrogens with zero attached hydrogens (tertiary/aromatic N) is 3. The van der Waals surface area contributed by atoms with E-state index in [0.29, 0.717) is 30.8 Å². The first-order chi connectivity index (χ1) is 10.6. The Hall–Kier alpha value is -2.06. The summed E-state index contributed by atoms with van der Waals surface area (Å²) in [6.45, 7) is 7.72. The molecule has 1 fully saturated rings. The Balaban J connectivity index is 2.00. The average Bonchev–Trinajstić information content (AvgIpc) is 2.53. The fourth-order valence-electron chi connectivity index (χ4n) is 2.55. The van der Waals surface area contributed by atoms with Gasteiger partial charge >= 0.3 is 0 Å². The molecule has 0 aliphatic carbocycles. The second kappa shape index (κ2) is 7.81. The van der Waals surface area contributed by atoms with Gasteiger partial charge in [-0.05, 0) is 26.0 Å². The first-order valence-electron chi connectivity index (χ1n) is 7.76. The molecule has 22 heavy (non-hydrogen) atoms. The quantitative estimate of drug-likeness (QED) is 0.836. The topological polar surface area (TPSA) is 56.6 Å². The zero-order chi connectivity index (χ0) is 15.9. The number of amides is 1. The normalized spacial score (nSPS) is 15.6. The van der Waals surface area contributed by atoms with E-state index in [1.165, 1.54) is 0 Å². The zero-order valence-electron chi connectivity index (χ0n) is 13.3. The maximum absolute atomic E-state index is 12.7. The highest BCUT2D eigenvalue weighted by Gasteiger charge is 2.24. The number of carbonyl (C=O) groups is 1. The predicted octanol–water partition coefficient (Wildman–Crippen LogP) is 2.15. The van der Waals surface area contributed by atoms with Crippen LogP contribution >= 0.6 is 0 Å². The number of para-hydroxylation sites is 1. The number of ether oxygens (including phenoxy) is 1. The Kier molecular flexibility index (Phi) is 5.79. The standard InChI is InChI=1S/C17H23N3O2/c1-14(2)22-16-7-4-3-6-15(16)17(21)20-12-10-19(11-13-20)9-5-8-18/h3-4,6-7,14H,5,9-13H2,1-2H3. The van der Waals surface area contributed by atoms with Crippen molar-refractivity contribution in [3.8, 4) is 11.8 Å². The minimum Gasteiger partial charge on any atom is -0.490 e. The molecule has 1 aliphatic heterocycles. The SMILES string of the molecule is CC(C)Oc1ccccc1C(=O)N1CCN(CCC#N)CC1. The van der Waals surface area contributed by atoms with Gasteiger partial charge in [0.2, 0.25) is 0 Å². The third kappa shape index (κ3) is 4.22. The highest BCUT2D eigenvalue weighted by atomic mass is 16.5. The molecule has 0 aromatic heterocycles. The van der Waals surface area contributed by atoms with Crippen molar-refractivity contribution in [1.82, 2.24) is 9.80 Å². The minimum atomic E-state index is 0.0242. The molecule has 1 aromatic carbocycles. The van der Waals surface area contributed by atoms with Crippen molar-refractivity contribution < 1.29 is 9.53 Å². The molecule has 1 amide bonds. The molecule has 1 aliphatic rings. The number of benzene rings is 1. The molecule has 0 saturated carbocycles. The summed E-state index contributed by atoms with van der Waals surface area (Å²) in [6.07, 6.45) is 0.579. The summed E-state index contributed by atoms with van der Waals surface area (Å²) in [6, 6.07) is 9.57. The number of piperazine rings is 1. The van der Waals surface area contributed by atoms with E-state index in [2.05, 4.69) is 11.0 Å². The summed E-state index contributed by atoms with van der Waals surface area (Å²) in [5.74, 6) is 0.672. The van der Waals surface area contributed by atoms with E-state index >= 15 is 0 Å². The monoisotopic (exact) mass is 301 g/mol. The van der Waals surface area contributed by atoms with Gasteiger partial charge in [-0.25, -0.2) is 0 Å². The van der Waals surface area contributed by atoms with Gasteiger partial charge in [-0.2, -0.15) is 5.26 Å². The second-order valence-corrected chi connectivity index (χ2v) is 5.70. The fraction of sp³-hybridized carbons (Fsp3) is 0.529. The smallest absolute Gasteiger partial charge is 0.257 e. The summed E-state index contributed by atoms with van der Waals surface area (Å²) in [7, 11) is 0. The van der Waals surface area contributed by atoms with Crippen LogP contribution in [0.1, 0.15) is 30.6 Å². The first-order valence-corrected chi connectivity index (χ1v) is 7.76. The zero-order valence-corrected chi connectivity index (χ0v) is 13.3. The Bertz CT molecular complexity index is 543. The van der Waals surface area contributed by atoms with Crippen LogP contribution in [0.15, 0.2) is 24.3 Å². The molecule has 0 bridgehead atoms. The van der Waals surface area contributed by atoms with E-state index in [9.17, 15) is 4.79 Å². The van der Waals surface area contributed by atoms with Crippen LogP contribution < -0.4 is 4.74 Å². The summed E-state index contributed by atoms with van der Waals surface area (Å²) >= 11 is 0. The molecular weight excluding hydrogens is 278 g/mol. The first kappa shape index (κ1) is 16.3. The lowest BCUT2D eigenvalue weighted by atomic mass is 10.1. The van der Waals surface area contributed by atoms with Crippen molar-refractivity contribution in [2.75, 3.05) is 32.7 Å². The van der Waals surface area contributed by atoms with E-state index in [-0.39, 0.29) is 12.0 Å². The molecule has 0 radical (unpaired) electrons. The van der Waals surface area contributed by atoms with Crippen molar-refractivity contribution in [3.63, 3.8) is 0 Å². The van der Waals surface area contributed by atoms with Gasteiger partial charge in [-0.3, -0.25) is 9.69 Å². The Morgan fingerprint density at radius 3 is 2.59 bits per heavy atom. The van der Waals surface area contributed by atoms with Crippen LogP contribution in [0.5, 0.6) is 5.75 Å². The lowest BCUT2D eigenvalue weighted by Gasteiger charge is -2.34. The van der Waals surface area contributed by atoms with Crippen LogP contribution in [0.2, 0.25) is 0 Å². The average molecular weight is 301 g/mol. The number of hydrogen-bond acceptors (Lipinski definition) is 4. The van der Waals surface area contributed by atoms with Crippen molar-refractivity contribution in [2.24, 2.45) is 0 Å². The molecule has 0 N–H and O–H groups in total. The van der Waals surface area contributed by atoms with Gasteiger partial charge in [0.15, 0.2) is 0 Å². The van der Waals surface area contributed by atoms with Gasteiger partial charge in [-0.15, -0.1) is 0 Å². The second-order valence-electron chi connectivity index (χ2n) is 5.70. The summed E-state index contributed by atoms with van der Waals surface area (Å²) in [5.41, 5.74) is 0.627. The van der Waals surface area contributed by atoms with Gasteiger partial charge in [0.25, 0.3) is 5.91 Å². The number of nitriles is 1. The van der Waals surface area contributed by atoms with E-state index in [0.717, 1.165) is 19.6 Å². The lowest BCUT2D eigenvalue weighted by Crippen LogP contribution is -2.48. The molecular formula is C17H23N3O2. The molecule has 0 atom stereocenters. The van der Waals surface area contributed by atoms with Crippen molar-refractivity contribution in [3.05, 3.63) is 29.8 Å². The molecule has 118 valence electrons. The van der Waals surface area contributed by atoms with E-state index in [4.69, 9.17) is 10.00 Å². The van der Waals surface area contributed by atoms with Crippen LogP contribution in [-0.2, 0) is 0 Å². The molecule has 1 heterocycles. The van der Waals surface area contributed by atoms with E-state index in [1.54, 1.807) is 0 Å². The van der Waals surface area contributed by atoms with Gasteiger partial charge in [0.05, 0.1) is 17.7 Å². The molecule has 0 spiro atoms. The molecule has 0 unspecified atom stereocenters. The lowest BCUT2D eigenvalue weighted by molar-refractivity contribution is 0.0634. The van der Waals surface area contributed by atoms with Crippen LogP contribution in [-0.4, -0.2) is 54.5 Å². The molecule has 2 rings (SSSR count). The largest absolute Gasteiger partial charge is 0.490 e. The van der Waals surface area contributed by atoms with Gasteiger partial charge in [-0.1, -0.05) is 12.1 Å². The molecule has 1 saturated heterocycles. The van der Waals surface area contributed by atoms with Gasteiger partial charge < -0.3 is 9.64 Å². The third-order valence-corrected chi connectivity index (χ3v) is 3.68. The predicted molar refractivity (Wildman–Crippen MR) is 84.8 cm³/mol. The number of rotatable bonds is 5. The summed E-state index contributed by atoms with van der Waals surface area (Å²) in [4.78, 5) is 16.8. The number of carbonyl (C=O) groups excluding carboxylic acids is 1. The van der Waals surface area contributed by atoms with Crippen LogP contribution in [0.4, 0.5) is 0 Å². The van der Waals surface area contributed by atoms with Crippen LogP contribution in [0.25, 0.3) is 0 Å². The van der Waals surface area contributed by atoms with E-state index < -0.39 is 0 Å². The molecule has 1 aromatic rings. The maximum atomic E-state index is 12.7. The van der Waals surface area contributed by atoms with E-state index in [1.807, 2.05) is 43.0 Å². The minimum absolute atomic E-state index is 0.0242. The Morgan fingerprint density at radius 1 is 1.27 bits per heavy atom.